The van der Waals surface area contributed by atoms with Crippen LogP contribution in [0.5, 0.6) is 0 Å². The van der Waals surface area contributed by atoms with Gasteiger partial charge < -0.3 is 0 Å². The lowest BCUT2D eigenvalue weighted by atomic mass is 10.0. The number of carbonyl (C=O) groups is 1. The van der Waals surface area contributed by atoms with E-state index in [9.17, 15) is 13.2 Å². The number of ketones is 1. The highest BCUT2D eigenvalue weighted by atomic mass is 79.9. The van der Waals surface area contributed by atoms with Crippen molar-refractivity contribution < 1.29 is 17.8 Å². The zero-order valence-corrected chi connectivity index (χ0v) is 13.9. The van der Waals surface area contributed by atoms with E-state index in [1.165, 1.54) is 12.1 Å². The highest BCUT2D eigenvalue weighted by Gasteiger charge is 2.18. The topological polar surface area (TPSA) is 71.4 Å². The van der Waals surface area contributed by atoms with Crippen LogP contribution in [-0.4, -0.2) is 18.8 Å². The molecule has 0 unspecified atom stereocenters. The van der Waals surface area contributed by atoms with Gasteiger partial charge in [0.05, 0.1) is 0 Å². The minimum atomic E-state index is -4.39. The molecule has 0 fully saturated rings. The van der Waals surface area contributed by atoms with Gasteiger partial charge in [-0.1, -0.05) is 15.9 Å². The molecule has 2 aromatic rings. The molecule has 2 aromatic carbocycles. The van der Waals surface area contributed by atoms with Crippen LogP contribution >= 0.6 is 31.9 Å². The summed E-state index contributed by atoms with van der Waals surface area (Å²) in [4.78, 5) is 11.9. The summed E-state index contributed by atoms with van der Waals surface area (Å²) < 4.78 is 32.6. The molecule has 0 aromatic heterocycles. The Kier molecular flexibility index (Phi) is 4.43. The van der Waals surface area contributed by atoms with Crippen LogP contribution in [0, 0.1) is 0 Å². The van der Waals surface area contributed by atoms with Gasteiger partial charge >= 0.3 is 0 Å². The Morgan fingerprint density at radius 2 is 1.50 bits per heavy atom. The zero-order valence-electron chi connectivity index (χ0n) is 9.88. The van der Waals surface area contributed by atoms with Crippen molar-refractivity contribution >= 4 is 47.8 Å². The molecule has 0 bridgehead atoms. The minimum Gasteiger partial charge on any atom is -0.289 e. The maximum Gasteiger partial charge on any atom is 0.295 e. The fourth-order valence-electron chi connectivity index (χ4n) is 1.61. The Morgan fingerprint density at radius 1 is 0.950 bits per heavy atom. The largest absolute Gasteiger partial charge is 0.295 e. The van der Waals surface area contributed by atoms with Crippen LogP contribution in [0.3, 0.4) is 0 Å². The van der Waals surface area contributed by atoms with E-state index in [1.54, 1.807) is 24.3 Å². The summed E-state index contributed by atoms with van der Waals surface area (Å²) in [6.07, 6.45) is 0. The van der Waals surface area contributed by atoms with E-state index in [0.717, 1.165) is 10.5 Å². The van der Waals surface area contributed by atoms with E-state index < -0.39 is 10.1 Å². The Bertz CT molecular complexity index is 767. The van der Waals surface area contributed by atoms with Gasteiger partial charge in [0.2, 0.25) is 0 Å². The van der Waals surface area contributed by atoms with Crippen molar-refractivity contribution in [3.05, 3.63) is 62.5 Å². The summed E-state index contributed by atoms with van der Waals surface area (Å²) in [5.41, 5.74) is 0.611. The lowest BCUT2D eigenvalue weighted by Crippen LogP contribution is -2.05. The molecular formula is C13H8Br2O4S. The van der Waals surface area contributed by atoms with Gasteiger partial charge in [0.25, 0.3) is 10.1 Å². The Labute approximate surface area is 132 Å². The molecule has 0 heterocycles. The number of benzene rings is 2. The summed E-state index contributed by atoms with van der Waals surface area (Å²) in [7, 11) is -4.39. The molecule has 7 heteroatoms. The van der Waals surface area contributed by atoms with Gasteiger partial charge in [-0.25, -0.2) is 0 Å². The molecule has 0 saturated heterocycles. The van der Waals surface area contributed by atoms with E-state index in [1.807, 2.05) is 0 Å². The highest BCUT2D eigenvalue weighted by Crippen LogP contribution is 2.24. The van der Waals surface area contributed by atoms with E-state index in [2.05, 4.69) is 31.9 Å². The van der Waals surface area contributed by atoms with Crippen LogP contribution < -0.4 is 0 Å². The molecule has 0 amide bonds. The molecule has 0 aliphatic rings. The van der Waals surface area contributed by atoms with Gasteiger partial charge in [0.1, 0.15) is 4.90 Å². The monoisotopic (exact) mass is 418 g/mol. The lowest BCUT2D eigenvalue weighted by Gasteiger charge is -2.05. The average Bonchev–Trinajstić information content (AvgIpc) is 2.38. The van der Waals surface area contributed by atoms with Crippen molar-refractivity contribution in [2.24, 2.45) is 0 Å². The maximum atomic E-state index is 12.2. The summed E-state index contributed by atoms with van der Waals surface area (Å²) in [5, 5.41) is 0. The second-order valence-electron chi connectivity index (χ2n) is 3.96. The molecule has 0 aliphatic heterocycles. The van der Waals surface area contributed by atoms with Gasteiger partial charge in [-0.15, -0.1) is 0 Å². The van der Waals surface area contributed by atoms with E-state index in [0.29, 0.717) is 5.56 Å². The van der Waals surface area contributed by atoms with Crippen LogP contribution in [0.2, 0.25) is 0 Å². The van der Waals surface area contributed by atoms with Crippen molar-refractivity contribution in [3.63, 3.8) is 0 Å². The second kappa shape index (κ2) is 5.77. The van der Waals surface area contributed by atoms with Gasteiger partial charge in [-0.2, -0.15) is 8.42 Å². The summed E-state index contributed by atoms with van der Waals surface area (Å²) in [6, 6.07) is 10.7. The second-order valence-corrected chi connectivity index (χ2v) is 7.12. The van der Waals surface area contributed by atoms with Crippen molar-refractivity contribution in [1.82, 2.24) is 0 Å². The molecule has 2 rings (SSSR count). The van der Waals surface area contributed by atoms with E-state index >= 15 is 0 Å². The normalized spacial score (nSPS) is 11.3. The molecule has 0 radical (unpaired) electrons. The molecular weight excluding hydrogens is 412 g/mol. The summed E-state index contributed by atoms with van der Waals surface area (Å²) in [5.74, 6) is -0.324. The van der Waals surface area contributed by atoms with Crippen LogP contribution in [0.1, 0.15) is 15.9 Å². The molecule has 0 aliphatic carbocycles. The van der Waals surface area contributed by atoms with Gasteiger partial charge in [0.15, 0.2) is 5.78 Å². The predicted octanol–water partition coefficient (Wildman–Crippen LogP) is 3.69. The van der Waals surface area contributed by atoms with Crippen LogP contribution in [-0.2, 0) is 10.1 Å². The fraction of sp³-hybridized carbons (Fsp3) is 0. The number of rotatable bonds is 3. The molecule has 0 spiro atoms. The smallest absolute Gasteiger partial charge is 0.289 e. The molecule has 104 valence electrons. The molecule has 20 heavy (non-hydrogen) atoms. The van der Waals surface area contributed by atoms with Crippen LogP contribution in [0.4, 0.5) is 0 Å². The van der Waals surface area contributed by atoms with Crippen LogP contribution in [0.25, 0.3) is 0 Å². The average molecular weight is 420 g/mol. The minimum absolute atomic E-state index is 0.183. The van der Waals surface area contributed by atoms with Gasteiger partial charge in [-0.05, 0) is 58.4 Å². The van der Waals surface area contributed by atoms with Crippen LogP contribution in [0.15, 0.2) is 56.3 Å². The third kappa shape index (κ3) is 3.35. The van der Waals surface area contributed by atoms with Gasteiger partial charge in [0, 0.05) is 20.1 Å². The van der Waals surface area contributed by atoms with Gasteiger partial charge in [-0.3, -0.25) is 9.35 Å². The number of hydrogen-bond acceptors (Lipinski definition) is 3. The first-order valence-corrected chi connectivity index (χ1v) is 8.39. The first-order chi connectivity index (χ1) is 9.29. The maximum absolute atomic E-state index is 12.2. The molecule has 4 nitrogen and oxygen atoms in total. The first-order valence-electron chi connectivity index (χ1n) is 5.36. The van der Waals surface area contributed by atoms with Crippen molar-refractivity contribution in [2.45, 2.75) is 4.90 Å². The predicted molar refractivity (Wildman–Crippen MR) is 81.5 cm³/mol. The standard InChI is InChI=1S/C13H8Br2O4S/c14-10-4-1-8(2-5-10)13(16)9-3-6-11(15)12(7-9)20(17,18)19/h1-7H,(H,17,18,19). The molecule has 0 saturated carbocycles. The van der Waals surface area contributed by atoms with E-state index in [-0.39, 0.29) is 20.7 Å². The first kappa shape index (κ1) is 15.4. The Morgan fingerprint density at radius 3 is 2.05 bits per heavy atom. The lowest BCUT2D eigenvalue weighted by molar-refractivity contribution is 0.103. The Balaban J connectivity index is 2.49. The molecule has 0 atom stereocenters. The summed E-state index contributed by atoms with van der Waals surface area (Å²) >= 11 is 6.29. The van der Waals surface area contributed by atoms with Crippen molar-refractivity contribution in [2.75, 3.05) is 0 Å². The third-order valence-electron chi connectivity index (χ3n) is 2.58. The Hall–Kier alpha value is -1.02. The zero-order chi connectivity index (χ0) is 14.9. The number of halogens is 2. The van der Waals surface area contributed by atoms with Crippen molar-refractivity contribution in [1.29, 1.82) is 0 Å². The fourth-order valence-corrected chi connectivity index (χ4v) is 3.33. The SMILES string of the molecule is O=C(c1ccc(Br)cc1)c1ccc(Br)c(S(=O)(=O)O)c1. The number of hydrogen-bond donors (Lipinski definition) is 1. The van der Waals surface area contributed by atoms with Crippen molar-refractivity contribution in [3.8, 4) is 0 Å². The summed E-state index contributed by atoms with van der Waals surface area (Å²) in [6.45, 7) is 0. The highest BCUT2D eigenvalue weighted by molar-refractivity contribution is 9.10. The quantitative estimate of drug-likeness (QED) is 0.608. The van der Waals surface area contributed by atoms with E-state index in [4.69, 9.17) is 4.55 Å². The number of carbonyl (C=O) groups excluding carboxylic acids is 1. The molecule has 1 N–H and O–H groups in total. The third-order valence-corrected chi connectivity index (χ3v) is 4.95.